The minimum Gasteiger partial charge on any atom is -0.352 e. The fourth-order valence-electron chi connectivity index (χ4n) is 3.36. The lowest BCUT2D eigenvalue weighted by molar-refractivity contribution is 0.0954. The predicted octanol–water partition coefficient (Wildman–Crippen LogP) is 4.50. The van der Waals surface area contributed by atoms with Crippen molar-refractivity contribution < 1.29 is 9.18 Å². The van der Waals surface area contributed by atoms with Crippen LogP contribution in [-0.4, -0.2) is 22.0 Å². The van der Waals surface area contributed by atoms with Gasteiger partial charge in [0, 0.05) is 25.1 Å². The number of carbonyl (C=O) groups is 1. The van der Waals surface area contributed by atoms with Crippen LogP contribution in [0.2, 0.25) is 0 Å². The average molecular weight is 387 g/mol. The highest BCUT2D eigenvalue weighted by Crippen LogP contribution is 2.18. The molecule has 0 unspecified atom stereocenters. The van der Waals surface area contributed by atoms with Crippen LogP contribution < -0.4 is 5.32 Å². The molecule has 0 fully saturated rings. The molecular formula is C24H22FN3O. The smallest absolute Gasteiger partial charge is 0.251 e. The van der Waals surface area contributed by atoms with E-state index in [4.69, 9.17) is 4.98 Å². The average Bonchev–Trinajstić information content (AvgIpc) is 3.07. The number of hydrogen-bond acceptors (Lipinski definition) is 2. The third-order valence-electron chi connectivity index (χ3n) is 4.94. The highest BCUT2D eigenvalue weighted by molar-refractivity contribution is 5.94. The van der Waals surface area contributed by atoms with Crippen molar-refractivity contribution in [2.45, 2.75) is 19.9 Å². The number of halogens is 1. The molecule has 4 aromatic rings. The highest BCUT2D eigenvalue weighted by atomic mass is 19.1. The fraction of sp³-hybridized carbons (Fsp3) is 0.167. The van der Waals surface area contributed by atoms with Gasteiger partial charge in [0.25, 0.3) is 5.91 Å². The van der Waals surface area contributed by atoms with Gasteiger partial charge in [-0.05, 0) is 48.9 Å². The molecule has 4 nitrogen and oxygen atoms in total. The minimum absolute atomic E-state index is 0.0915. The molecule has 0 aliphatic rings. The van der Waals surface area contributed by atoms with E-state index in [-0.39, 0.29) is 11.7 Å². The number of aromatic nitrogens is 2. The number of carbonyl (C=O) groups excluding carboxylic acids is 1. The first-order valence-electron chi connectivity index (χ1n) is 9.63. The lowest BCUT2D eigenvalue weighted by Gasteiger charge is -2.10. The molecule has 0 radical (unpaired) electrons. The fourth-order valence-corrected chi connectivity index (χ4v) is 3.36. The Morgan fingerprint density at radius 3 is 2.48 bits per heavy atom. The molecule has 0 atom stereocenters. The first-order valence-corrected chi connectivity index (χ1v) is 9.63. The molecule has 1 amide bonds. The maximum atomic E-state index is 13.2. The van der Waals surface area contributed by atoms with E-state index in [1.165, 1.54) is 12.1 Å². The van der Waals surface area contributed by atoms with E-state index < -0.39 is 0 Å². The number of hydrogen-bond donors (Lipinski definition) is 1. The molecule has 1 aromatic heterocycles. The van der Waals surface area contributed by atoms with Gasteiger partial charge in [-0.2, -0.15) is 0 Å². The number of fused-ring (bicyclic) bond motifs is 1. The van der Waals surface area contributed by atoms with Gasteiger partial charge in [-0.15, -0.1) is 0 Å². The van der Waals surface area contributed by atoms with E-state index >= 15 is 0 Å². The SMILES string of the molecule is Cc1ccc(C(=O)NCCc2nc3ccccc3n2Cc2ccc(F)cc2)cc1. The Kier molecular flexibility index (Phi) is 5.38. The number of amides is 1. The van der Waals surface area contributed by atoms with Crippen molar-refractivity contribution in [3.63, 3.8) is 0 Å². The summed E-state index contributed by atoms with van der Waals surface area (Å²) < 4.78 is 15.4. The van der Waals surface area contributed by atoms with Gasteiger partial charge >= 0.3 is 0 Å². The third kappa shape index (κ3) is 4.35. The molecule has 0 aliphatic carbocycles. The Balaban J connectivity index is 1.51. The summed E-state index contributed by atoms with van der Waals surface area (Å²) >= 11 is 0. The molecule has 1 heterocycles. The second kappa shape index (κ2) is 8.27. The van der Waals surface area contributed by atoms with Gasteiger partial charge in [-0.3, -0.25) is 4.79 Å². The quantitative estimate of drug-likeness (QED) is 0.529. The molecule has 1 N–H and O–H groups in total. The Morgan fingerprint density at radius 2 is 1.72 bits per heavy atom. The van der Waals surface area contributed by atoms with Gasteiger partial charge in [0.15, 0.2) is 0 Å². The summed E-state index contributed by atoms with van der Waals surface area (Å²) in [6.07, 6.45) is 0.605. The third-order valence-corrected chi connectivity index (χ3v) is 4.94. The van der Waals surface area contributed by atoms with E-state index in [9.17, 15) is 9.18 Å². The van der Waals surface area contributed by atoms with E-state index in [0.29, 0.717) is 25.1 Å². The van der Waals surface area contributed by atoms with Crippen molar-refractivity contribution >= 4 is 16.9 Å². The van der Waals surface area contributed by atoms with E-state index in [1.807, 2.05) is 55.5 Å². The van der Waals surface area contributed by atoms with Crippen molar-refractivity contribution in [1.29, 1.82) is 0 Å². The Hall–Kier alpha value is -3.47. The normalized spacial score (nSPS) is 11.0. The van der Waals surface area contributed by atoms with Crippen LogP contribution in [0.25, 0.3) is 11.0 Å². The molecule has 0 aliphatic heterocycles. The second-order valence-corrected chi connectivity index (χ2v) is 7.10. The summed E-state index contributed by atoms with van der Waals surface area (Å²) in [4.78, 5) is 17.1. The zero-order valence-electron chi connectivity index (χ0n) is 16.2. The van der Waals surface area contributed by atoms with Crippen molar-refractivity contribution in [1.82, 2.24) is 14.9 Å². The summed E-state index contributed by atoms with van der Waals surface area (Å²) in [5, 5.41) is 2.97. The summed E-state index contributed by atoms with van der Waals surface area (Å²) in [6.45, 7) is 3.08. The molecule has 3 aromatic carbocycles. The number of imidazole rings is 1. The van der Waals surface area contributed by atoms with Crippen LogP contribution in [0.5, 0.6) is 0 Å². The molecule has 4 rings (SSSR count). The zero-order chi connectivity index (χ0) is 20.2. The zero-order valence-corrected chi connectivity index (χ0v) is 16.2. The number of aryl methyl sites for hydroxylation is 1. The first kappa shape index (κ1) is 18.9. The maximum Gasteiger partial charge on any atom is 0.251 e. The van der Waals surface area contributed by atoms with Gasteiger partial charge in [0.1, 0.15) is 11.6 Å². The van der Waals surface area contributed by atoms with Crippen LogP contribution in [0, 0.1) is 12.7 Å². The molecule has 29 heavy (non-hydrogen) atoms. The number of rotatable bonds is 6. The van der Waals surface area contributed by atoms with Gasteiger partial charge in [0.05, 0.1) is 11.0 Å². The van der Waals surface area contributed by atoms with E-state index in [2.05, 4.69) is 9.88 Å². The first-order chi connectivity index (χ1) is 14.1. The molecule has 0 saturated heterocycles. The Morgan fingerprint density at radius 1 is 1.00 bits per heavy atom. The topological polar surface area (TPSA) is 46.9 Å². The predicted molar refractivity (Wildman–Crippen MR) is 112 cm³/mol. The Bertz CT molecular complexity index is 1130. The van der Waals surface area contributed by atoms with Crippen molar-refractivity contribution in [3.05, 3.63) is 101 Å². The molecule has 0 spiro atoms. The van der Waals surface area contributed by atoms with Crippen LogP contribution in [-0.2, 0) is 13.0 Å². The number of benzene rings is 3. The van der Waals surface area contributed by atoms with E-state index in [0.717, 1.165) is 28.0 Å². The summed E-state index contributed by atoms with van der Waals surface area (Å²) in [7, 11) is 0. The maximum absolute atomic E-state index is 13.2. The largest absolute Gasteiger partial charge is 0.352 e. The van der Waals surface area contributed by atoms with Crippen molar-refractivity contribution in [2.75, 3.05) is 6.54 Å². The molecular weight excluding hydrogens is 365 g/mol. The molecule has 0 saturated carbocycles. The second-order valence-electron chi connectivity index (χ2n) is 7.10. The van der Waals surface area contributed by atoms with Crippen LogP contribution >= 0.6 is 0 Å². The lowest BCUT2D eigenvalue weighted by Crippen LogP contribution is -2.26. The molecule has 146 valence electrons. The number of nitrogens with one attached hydrogen (secondary N) is 1. The minimum atomic E-state index is -0.247. The van der Waals surface area contributed by atoms with Gasteiger partial charge in [-0.25, -0.2) is 9.37 Å². The monoisotopic (exact) mass is 387 g/mol. The summed E-state index contributed by atoms with van der Waals surface area (Å²) in [5.41, 5.74) is 4.71. The Labute approximate surface area is 169 Å². The van der Waals surface area contributed by atoms with Gasteiger partial charge in [0.2, 0.25) is 0 Å². The van der Waals surface area contributed by atoms with Gasteiger partial charge < -0.3 is 9.88 Å². The highest BCUT2D eigenvalue weighted by Gasteiger charge is 2.12. The van der Waals surface area contributed by atoms with Crippen molar-refractivity contribution in [2.24, 2.45) is 0 Å². The number of nitrogens with zero attached hydrogens (tertiary/aromatic N) is 2. The standard InChI is InChI=1S/C24H22FN3O/c1-17-6-10-19(11-7-17)24(29)26-15-14-23-27-21-4-2-3-5-22(21)28(23)16-18-8-12-20(25)13-9-18/h2-13H,14-16H2,1H3,(H,26,29). The lowest BCUT2D eigenvalue weighted by atomic mass is 10.1. The summed E-state index contributed by atoms with van der Waals surface area (Å²) in [5.74, 6) is 0.550. The van der Waals surface area contributed by atoms with Crippen LogP contribution in [0.15, 0.2) is 72.8 Å². The van der Waals surface area contributed by atoms with Crippen LogP contribution in [0.3, 0.4) is 0 Å². The summed E-state index contributed by atoms with van der Waals surface area (Å²) in [6, 6.07) is 22.0. The number of para-hydroxylation sites is 2. The van der Waals surface area contributed by atoms with Crippen molar-refractivity contribution in [3.8, 4) is 0 Å². The van der Waals surface area contributed by atoms with Gasteiger partial charge in [-0.1, -0.05) is 42.0 Å². The molecule has 0 bridgehead atoms. The van der Waals surface area contributed by atoms with Crippen LogP contribution in [0.4, 0.5) is 4.39 Å². The van der Waals surface area contributed by atoms with Crippen LogP contribution in [0.1, 0.15) is 27.3 Å². The van der Waals surface area contributed by atoms with E-state index in [1.54, 1.807) is 12.1 Å². The molecule has 5 heteroatoms.